The van der Waals surface area contributed by atoms with E-state index in [0.29, 0.717) is 17.9 Å². The second kappa shape index (κ2) is 4.92. The van der Waals surface area contributed by atoms with Gasteiger partial charge in [-0.15, -0.1) is 0 Å². The lowest BCUT2D eigenvalue weighted by molar-refractivity contribution is -0.115. The molecule has 0 spiro atoms. The van der Waals surface area contributed by atoms with Crippen LogP contribution in [0.3, 0.4) is 0 Å². The number of amides is 2. The molecule has 1 aromatic rings. The molecule has 0 unspecified atom stereocenters. The molecule has 0 heterocycles. The summed E-state index contributed by atoms with van der Waals surface area (Å²) in [6.45, 7) is 6.10. The Morgan fingerprint density at radius 2 is 2.00 bits per heavy atom. The van der Waals surface area contributed by atoms with E-state index in [2.05, 4.69) is 13.8 Å². The lowest BCUT2D eigenvalue weighted by Crippen LogP contribution is -2.25. The molecule has 0 saturated carbocycles. The number of hydrogen-bond donors (Lipinski definition) is 0. The molecule has 1 aromatic carbocycles. The van der Waals surface area contributed by atoms with Crippen LogP contribution in [0.2, 0.25) is 0 Å². The highest BCUT2D eigenvalue weighted by Crippen LogP contribution is 2.19. The van der Waals surface area contributed by atoms with E-state index in [4.69, 9.17) is 0 Å². The van der Waals surface area contributed by atoms with Gasteiger partial charge >= 0.3 is 0 Å². The highest BCUT2D eigenvalue weighted by Gasteiger charge is 2.13. The van der Waals surface area contributed by atoms with Gasteiger partial charge in [-0.1, -0.05) is 26.0 Å². The fourth-order valence-electron chi connectivity index (χ4n) is 1.52. The van der Waals surface area contributed by atoms with Crippen LogP contribution in [0.5, 0.6) is 0 Å². The van der Waals surface area contributed by atoms with E-state index in [1.807, 2.05) is 19.1 Å². The van der Waals surface area contributed by atoms with Gasteiger partial charge in [0.15, 0.2) is 0 Å². The third-order valence-electron chi connectivity index (χ3n) is 2.63. The van der Waals surface area contributed by atoms with Crippen LogP contribution in [0.25, 0.3) is 0 Å². The van der Waals surface area contributed by atoms with Gasteiger partial charge < -0.3 is 0 Å². The number of nitrogens with zero attached hydrogens (tertiary/aromatic N) is 1. The van der Waals surface area contributed by atoms with Gasteiger partial charge in [0.25, 0.3) is 5.91 Å². The Morgan fingerprint density at radius 1 is 1.38 bits per heavy atom. The Labute approximate surface area is 96.1 Å². The van der Waals surface area contributed by atoms with E-state index in [1.165, 1.54) is 12.6 Å². The average Bonchev–Trinajstić information content (AvgIpc) is 2.26. The minimum absolute atomic E-state index is 0.261. The van der Waals surface area contributed by atoms with Crippen molar-refractivity contribution in [3.63, 3.8) is 0 Å². The van der Waals surface area contributed by atoms with Gasteiger partial charge in [-0.3, -0.25) is 14.5 Å². The van der Waals surface area contributed by atoms with E-state index in [0.717, 1.165) is 10.5 Å². The van der Waals surface area contributed by atoms with Gasteiger partial charge in [-0.2, -0.15) is 0 Å². The molecule has 2 amide bonds. The van der Waals surface area contributed by atoms with Crippen molar-refractivity contribution in [1.82, 2.24) is 4.90 Å². The number of carbonyl (C=O) groups excluding carboxylic acids is 2. The molecule has 0 aromatic heterocycles. The van der Waals surface area contributed by atoms with Gasteiger partial charge in [0.05, 0.1) is 0 Å². The quantitative estimate of drug-likeness (QED) is 0.732. The predicted molar refractivity (Wildman–Crippen MR) is 63.4 cm³/mol. The maximum atomic E-state index is 11.8. The summed E-state index contributed by atoms with van der Waals surface area (Å²) in [6.07, 6.45) is 0.526. The van der Waals surface area contributed by atoms with Crippen molar-refractivity contribution in [2.75, 3.05) is 7.05 Å². The summed E-state index contributed by atoms with van der Waals surface area (Å²) < 4.78 is 0. The lowest BCUT2D eigenvalue weighted by Gasteiger charge is -2.13. The van der Waals surface area contributed by atoms with Gasteiger partial charge in [0.1, 0.15) is 0 Å². The minimum Gasteiger partial charge on any atom is -0.284 e. The average molecular weight is 219 g/mol. The van der Waals surface area contributed by atoms with Gasteiger partial charge in [-0.25, -0.2) is 0 Å². The third kappa shape index (κ3) is 2.48. The van der Waals surface area contributed by atoms with Crippen molar-refractivity contribution in [2.45, 2.75) is 26.7 Å². The van der Waals surface area contributed by atoms with Crippen LogP contribution in [0, 0.1) is 6.92 Å². The number of rotatable bonds is 3. The van der Waals surface area contributed by atoms with Crippen molar-refractivity contribution in [3.8, 4) is 0 Å². The SMILES string of the molecule is Cc1cc(C(C)C)ccc1C(=O)N(C)C=O. The first-order valence-corrected chi connectivity index (χ1v) is 5.30. The predicted octanol–water partition coefficient (Wildman–Crippen LogP) is 2.35. The summed E-state index contributed by atoms with van der Waals surface area (Å²) in [6, 6.07) is 5.72. The highest BCUT2D eigenvalue weighted by atomic mass is 16.2. The third-order valence-corrected chi connectivity index (χ3v) is 2.63. The Hall–Kier alpha value is -1.64. The molecule has 0 atom stereocenters. The molecule has 16 heavy (non-hydrogen) atoms. The van der Waals surface area contributed by atoms with Crippen LogP contribution in [-0.2, 0) is 4.79 Å². The molecule has 0 bridgehead atoms. The van der Waals surface area contributed by atoms with Crippen LogP contribution in [0.1, 0.15) is 41.3 Å². The molecule has 1 rings (SSSR count). The first-order valence-electron chi connectivity index (χ1n) is 5.30. The topological polar surface area (TPSA) is 37.4 Å². The van der Waals surface area contributed by atoms with Crippen molar-refractivity contribution < 1.29 is 9.59 Å². The smallest absolute Gasteiger partial charge is 0.260 e. The standard InChI is InChI=1S/C13H17NO2/c1-9(2)11-5-6-12(10(3)7-11)13(16)14(4)8-15/h5-9H,1-4H3. The Bertz CT molecular complexity index is 410. The second-order valence-corrected chi connectivity index (χ2v) is 4.25. The van der Waals surface area contributed by atoms with Crippen LogP contribution in [-0.4, -0.2) is 24.3 Å². The molecule has 3 heteroatoms. The monoisotopic (exact) mass is 219 g/mol. The van der Waals surface area contributed by atoms with Gasteiger partial charge in [0, 0.05) is 12.6 Å². The second-order valence-electron chi connectivity index (χ2n) is 4.25. The van der Waals surface area contributed by atoms with E-state index in [9.17, 15) is 9.59 Å². The van der Waals surface area contributed by atoms with E-state index in [1.54, 1.807) is 6.07 Å². The van der Waals surface area contributed by atoms with Crippen molar-refractivity contribution >= 4 is 12.3 Å². The molecule has 0 radical (unpaired) electrons. The summed E-state index contributed by atoms with van der Waals surface area (Å²) >= 11 is 0. The summed E-state index contributed by atoms with van der Waals surface area (Å²) in [4.78, 5) is 23.3. The maximum Gasteiger partial charge on any atom is 0.260 e. The summed E-state index contributed by atoms with van der Waals surface area (Å²) in [5.41, 5.74) is 2.69. The Balaban J connectivity index is 3.08. The zero-order valence-corrected chi connectivity index (χ0v) is 10.2. The molecular weight excluding hydrogens is 202 g/mol. The van der Waals surface area contributed by atoms with Crippen LogP contribution < -0.4 is 0 Å². The van der Waals surface area contributed by atoms with E-state index < -0.39 is 0 Å². The first-order chi connectivity index (χ1) is 7.47. The normalized spacial score (nSPS) is 10.3. The lowest BCUT2D eigenvalue weighted by atomic mass is 9.97. The molecule has 0 aliphatic heterocycles. The maximum absolute atomic E-state index is 11.8. The molecule has 0 fully saturated rings. The van der Waals surface area contributed by atoms with Gasteiger partial charge in [-0.05, 0) is 30.0 Å². The Kier molecular flexibility index (Phi) is 3.82. The number of benzene rings is 1. The molecular formula is C13H17NO2. The molecule has 0 N–H and O–H groups in total. The van der Waals surface area contributed by atoms with Crippen molar-refractivity contribution in [2.24, 2.45) is 0 Å². The molecule has 0 aliphatic carbocycles. The Morgan fingerprint density at radius 3 is 2.44 bits per heavy atom. The molecule has 3 nitrogen and oxygen atoms in total. The van der Waals surface area contributed by atoms with Crippen LogP contribution in [0.4, 0.5) is 0 Å². The van der Waals surface area contributed by atoms with Crippen molar-refractivity contribution in [1.29, 1.82) is 0 Å². The molecule has 0 saturated heterocycles. The van der Waals surface area contributed by atoms with Gasteiger partial charge in [0.2, 0.25) is 6.41 Å². The zero-order valence-electron chi connectivity index (χ0n) is 10.2. The van der Waals surface area contributed by atoms with Crippen LogP contribution in [0.15, 0.2) is 18.2 Å². The molecule has 86 valence electrons. The number of carbonyl (C=O) groups is 2. The number of hydrogen-bond acceptors (Lipinski definition) is 2. The summed E-state index contributed by atoms with van der Waals surface area (Å²) in [5, 5.41) is 0. The molecule has 0 aliphatic rings. The highest BCUT2D eigenvalue weighted by molar-refractivity contribution is 6.00. The number of aryl methyl sites for hydroxylation is 1. The van der Waals surface area contributed by atoms with Crippen molar-refractivity contribution in [3.05, 3.63) is 34.9 Å². The van der Waals surface area contributed by atoms with Crippen LogP contribution >= 0.6 is 0 Å². The van der Waals surface area contributed by atoms with E-state index in [-0.39, 0.29) is 5.91 Å². The summed E-state index contributed by atoms with van der Waals surface area (Å²) in [5.74, 6) is 0.175. The number of imide groups is 1. The largest absolute Gasteiger partial charge is 0.284 e. The fourth-order valence-corrected chi connectivity index (χ4v) is 1.52. The fraction of sp³-hybridized carbons (Fsp3) is 0.385. The summed E-state index contributed by atoms with van der Waals surface area (Å²) in [7, 11) is 1.46. The zero-order chi connectivity index (χ0) is 12.3. The first kappa shape index (κ1) is 12.4. The minimum atomic E-state index is -0.261. The van der Waals surface area contributed by atoms with E-state index >= 15 is 0 Å².